The molecule has 1 aliphatic carbocycles. The Balaban J connectivity index is 0.00000342. The van der Waals surface area contributed by atoms with Gasteiger partial charge in [0, 0.05) is 35.6 Å². The predicted molar refractivity (Wildman–Crippen MR) is 132 cm³/mol. The van der Waals surface area contributed by atoms with E-state index in [9.17, 15) is 18.6 Å². The number of hydrogen-bond donors (Lipinski definition) is 1. The first-order valence-electron chi connectivity index (χ1n) is 11.5. The molecule has 1 saturated carbocycles. The summed E-state index contributed by atoms with van der Waals surface area (Å²) in [6, 6.07) is 2.33. The Bertz CT molecular complexity index is 1100. The van der Waals surface area contributed by atoms with E-state index < -0.39 is 22.8 Å². The summed E-state index contributed by atoms with van der Waals surface area (Å²) in [4.78, 5) is 43.0. The van der Waals surface area contributed by atoms with Crippen LogP contribution in [-0.2, 0) is 25.1 Å². The lowest BCUT2D eigenvalue weighted by Gasteiger charge is -2.27. The molecule has 1 aliphatic heterocycles. The van der Waals surface area contributed by atoms with Crippen molar-refractivity contribution < 1.29 is 28.7 Å². The molecule has 0 radical (unpaired) electrons. The van der Waals surface area contributed by atoms with Gasteiger partial charge < -0.3 is 24.8 Å². The summed E-state index contributed by atoms with van der Waals surface area (Å²) < 4.78 is 24.4. The average Bonchev–Trinajstić information content (AvgIpc) is 3.55. The van der Waals surface area contributed by atoms with Crippen molar-refractivity contribution in [1.29, 1.82) is 0 Å². The topological polar surface area (TPSA) is 148 Å². The Morgan fingerprint density at radius 3 is 2.66 bits per heavy atom. The summed E-state index contributed by atoms with van der Waals surface area (Å²) in [5, 5.41) is 3.10. The van der Waals surface area contributed by atoms with Crippen LogP contribution in [0.3, 0.4) is 0 Å². The van der Waals surface area contributed by atoms with E-state index >= 15 is 0 Å². The van der Waals surface area contributed by atoms with Crippen LogP contribution in [-0.4, -0.2) is 56.7 Å². The van der Waals surface area contributed by atoms with Gasteiger partial charge >= 0.3 is 5.97 Å². The molecule has 4 rings (SSSR count). The van der Waals surface area contributed by atoms with Crippen LogP contribution in [0.25, 0.3) is 0 Å². The Labute approximate surface area is 209 Å². The van der Waals surface area contributed by atoms with Crippen molar-refractivity contribution in [1.82, 2.24) is 9.55 Å². The first kappa shape index (κ1) is 27.2. The third kappa shape index (κ3) is 6.63. The molecule has 12 heteroatoms. The van der Waals surface area contributed by atoms with Gasteiger partial charge in [0.1, 0.15) is 10.9 Å². The number of pyridine rings is 1. The van der Waals surface area contributed by atoms with E-state index in [2.05, 4.69) is 10.3 Å². The van der Waals surface area contributed by atoms with E-state index in [4.69, 9.17) is 9.47 Å². The van der Waals surface area contributed by atoms with Crippen LogP contribution in [0.4, 0.5) is 5.13 Å². The number of anilines is 1. The van der Waals surface area contributed by atoms with Gasteiger partial charge in [-0.2, -0.15) is 0 Å². The lowest BCUT2D eigenvalue weighted by atomic mass is 9.92. The first-order valence-corrected chi connectivity index (χ1v) is 13.5. The molecule has 192 valence electrons. The summed E-state index contributed by atoms with van der Waals surface area (Å²) in [7, 11) is 0.0536. The molecule has 3 heterocycles. The highest BCUT2D eigenvalue weighted by atomic mass is 32.2. The van der Waals surface area contributed by atoms with Gasteiger partial charge in [-0.1, -0.05) is 24.2 Å². The molecule has 2 aromatic rings. The van der Waals surface area contributed by atoms with Crippen molar-refractivity contribution in [3.63, 3.8) is 0 Å². The van der Waals surface area contributed by atoms with Gasteiger partial charge in [0.2, 0.25) is 5.91 Å². The number of esters is 1. The molecule has 0 bridgehead atoms. The highest BCUT2D eigenvalue weighted by Gasteiger charge is 2.29. The molecule has 1 amide bonds. The summed E-state index contributed by atoms with van der Waals surface area (Å²) in [5.74, 6) is -0.687. The quantitative estimate of drug-likeness (QED) is 0.520. The molecule has 2 atom stereocenters. The van der Waals surface area contributed by atoms with Crippen molar-refractivity contribution in [2.24, 2.45) is 5.92 Å². The molecule has 1 unspecified atom stereocenters. The van der Waals surface area contributed by atoms with Crippen LogP contribution in [0.15, 0.2) is 34.2 Å². The molecule has 3 N–H and O–H groups in total. The zero-order valence-corrected chi connectivity index (χ0v) is 21.2. The Kier molecular flexibility index (Phi) is 9.72. The second-order valence-electron chi connectivity index (χ2n) is 8.63. The minimum absolute atomic E-state index is 0. The van der Waals surface area contributed by atoms with E-state index in [-0.39, 0.29) is 38.1 Å². The molecule has 10 nitrogen and oxygen atoms in total. The standard InChI is InChI=1S/C23H29N3O6S2.H2O/c1-31-22(29)19-14-24-23(33-19)25-21(28)18(12-15-7-10-32-11-8-15)26-9-6-17(13-20(26)27)34(30)16-4-2-3-5-16;/h6,9,13-16,18H,2-5,7-8,10-12H2,1H3,(H,24,25,28);1H2/t18-,34?;/m0./s1. The number of thiazole rings is 1. The zero-order valence-electron chi connectivity index (χ0n) is 19.6. The molecule has 2 aliphatic rings. The van der Waals surface area contributed by atoms with Crippen LogP contribution >= 0.6 is 11.3 Å². The van der Waals surface area contributed by atoms with Crippen LogP contribution in [0.5, 0.6) is 0 Å². The lowest BCUT2D eigenvalue weighted by Crippen LogP contribution is -2.35. The third-order valence-electron chi connectivity index (χ3n) is 6.42. The number of rotatable bonds is 8. The Hall–Kier alpha value is -2.41. The van der Waals surface area contributed by atoms with E-state index in [0.717, 1.165) is 49.9 Å². The van der Waals surface area contributed by atoms with Crippen LogP contribution in [0.1, 0.15) is 60.7 Å². The van der Waals surface area contributed by atoms with Crippen molar-refractivity contribution in [2.75, 3.05) is 25.6 Å². The zero-order chi connectivity index (χ0) is 24.1. The molecule has 35 heavy (non-hydrogen) atoms. The van der Waals surface area contributed by atoms with E-state index in [1.54, 1.807) is 12.3 Å². The largest absolute Gasteiger partial charge is 0.465 e. The van der Waals surface area contributed by atoms with Crippen LogP contribution in [0.2, 0.25) is 0 Å². The lowest BCUT2D eigenvalue weighted by molar-refractivity contribution is -0.120. The Morgan fingerprint density at radius 1 is 1.29 bits per heavy atom. The maximum absolute atomic E-state index is 13.3. The van der Waals surface area contributed by atoms with Gasteiger partial charge in [-0.05, 0) is 44.1 Å². The number of methoxy groups -OCH3 is 1. The molecule has 0 aromatic carbocycles. The second kappa shape index (κ2) is 12.5. The maximum Gasteiger partial charge on any atom is 0.349 e. The molecular weight excluding hydrogens is 494 g/mol. The summed E-state index contributed by atoms with van der Waals surface area (Å²) in [6.45, 7) is 1.25. The van der Waals surface area contributed by atoms with E-state index in [1.165, 1.54) is 23.9 Å². The van der Waals surface area contributed by atoms with Crippen LogP contribution < -0.4 is 10.9 Å². The number of amides is 1. The van der Waals surface area contributed by atoms with Gasteiger partial charge in [-0.15, -0.1) is 0 Å². The highest BCUT2D eigenvalue weighted by Crippen LogP contribution is 2.29. The summed E-state index contributed by atoms with van der Waals surface area (Å²) in [6.07, 6.45) is 8.96. The molecular formula is C23H31N3O7S2. The smallest absolute Gasteiger partial charge is 0.349 e. The van der Waals surface area contributed by atoms with Gasteiger partial charge in [0.25, 0.3) is 5.56 Å². The van der Waals surface area contributed by atoms with Crippen molar-refractivity contribution in [2.45, 2.75) is 61.1 Å². The van der Waals surface area contributed by atoms with E-state index in [0.29, 0.717) is 24.5 Å². The number of carbonyl (C=O) groups is 2. The van der Waals surface area contributed by atoms with Gasteiger partial charge in [0.15, 0.2) is 5.13 Å². The Morgan fingerprint density at radius 2 is 2.00 bits per heavy atom. The predicted octanol–water partition coefficient (Wildman–Crippen LogP) is 2.31. The fourth-order valence-corrected chi connectivity index (χ4v) is 6.81. The number of carbonyl (C=O) groups excluding carboxylic acids is 2. The molecule has 2 aromatic heterocycles. The number of nitrogens with one attached hydrogen (secondary N) is 1. The minimum Gasteiger partial charge on any atom is -0.465 e. The fourth-order valence-electron chi connectivity index (χ4n) is 4.51. The highest BCUT2D eigenvalue weighted by molar-refractivity contribution is 7.85. The SMILES string of the molecule is COC(=O)c1cnc(NC(=O)[C@H](CC2CCOCC2)n2ccc(S(=O)C3CCCC3)cc2=O)s1.O. The summed E-state index contributed by atoms with van der Waals surface area (Å²) in [5.41, 5.74) is -0.356. The minimum atomic E-state index is -1.22. The van der Waals surface area contributed by atoms with Crippen molar-refractivity contribution in [3.05, 3.63) is 39.8 Å². The number of hydrogen-bond acceptors (Lipinski definition) is 8. The third-order valence-corrected chi connectivity index (χ3v) is 9.10. The second-order valence-corrected chi connectivity index (χ2v) is 11.4. The van der Waals surface area contributed by atoms with Gasteiger partial charge in [-0.3, -0.25) is 13.8 Å². The number of aromatic nitrogens is 2. The monoisotopic (exact) mass is 525 g/mol. The maximum atomic E-state index is 13.3. The molecule has 1 saturated heterocycles. The molecule has 0 spiro atoms. The fraction of sp³-hybridized carbons (Fsp3) is 0.565. The number of nitrogens with zero attached hydrogens (tertiary/aromatic N) is 2. The normalized spacial score (nSPS) is 18.4. The van der Waals surface area contributed by atoms with Crippen molar-refractivity contribution >= 4 is 39.1 Å². The average molecular weight is 526 g/mol. The van der Waals surface area contributed by atoms with Crippen molar-refractivity contribution in [3.8, 4) is 0 Å². The molecule has 2 fully saturated rings. The van der Waals surface area contributed by atoms with Gasteiger partial charge in [0.05, 0.1) is 24.1 Å². The van der Waals surface area contributed by atoms with Gasteiger partial charge in [-0.25, -0.2) is 9.78 Å². The number of ether oxygens (including phenoxy) is 2. The van der Waals surface area contributed by atoms with Crippen LogP contribution in [0, 0.1) is 5.92 Å². The first-order chi connectivity index (χ1) is 16.5. The summed E-state index contributed by atoms with van der Waals surface area (Å²) >= 11 is 1.01. The van der Waals surface area contributed by atoms with E-state index in [1.807, 2.05) is 0 Å².